The predicted octanol–water partition coefficient (Wildman–Crippen LogP) is 1.91. The molecule has 0 bridgehead atoms. The van der Waals surface area contributed by atoms with Gasteiger partial charge in [0.2, 0.25) is 5.91 Å². The van der Waals surface area contributed by atoms with Crippen molar-refractivity contribution in [1.29, 1.82) is 0 Å². The first kappa shape index (κ1) is 12.3. The van der Waals surface area contributed by atoms with E-state index < -0.39 is 0 Å². The van der Waals surface area contributed by atoms with E-state index in [1.807, 2.05) is 42.5 Å². The molecule has 0 spiro atoms. The minimum Gasteiger partial charge on any atom is -0.311 e. The maximum atomic E-state index is 11.4. The fourth-order valence-corrected chi connectivity index (χ4v) is 1.62. The van der Waals surface area contributed by atoms with Crippen LogP contribution in [0.25, 0.3) is 11.3 Å². The smallest absolute Gasteiger partial charge is 0.239 e. The Morgan fingerprint density at radius 3 is 2.61 bits per heavy atom. The molecular formula is C14H15N3O. The van der Waals surface area contributed by atoms with Crippen LogP contribution in [0.5, 0.6) is 0 Å². The molecule has 0 saturated carbocycles. The third-order valence-corrected chi connectivity index (χ3v) is 2.42. The number of carbonyl (C=O) groups excluding carboxylic acids is 1. The first-order valence-electron chi connectivity index (χ1n) is 5.76. The monoisotopic (exact) mass is 241 g/mol. The van der Waals surface area contributed by atoms with E-state index in [0.717, 1.165) is 11.3 Å². The minimum absolute atomic E-state index is 0.102. The van der Waals surface area contributed by atoms with Crippen LogP contribution in [0.1, 0.15) is 0 Å². The molecule has 0 aliphatic rings. The van der Waals surface area contributed by atoms with Crippen molar-refractivity contribution in [1.82, 2.24) is 10.3 Å². The van der Waals surface area contributed by atoms with Gasteiger partial charge in [0, 0.05) is 5.56 Å². The van der Waals surface area contributed by atoms with Gasteiger partial charge >= 0.3 is 0 Å². The molecule has 4 heteroatoms. The fraction of sp³-hybridized carbons (Fsp3) is 0.143. The second-order valence-corrected chi connectivity index (χ2v) is 3.85. The number of amides is 1. The zero-order valence-corrected chi connectivity index (χ0v) is 10.2. The van der Waals surface area contributed by atoms with Gasteiger partial charge in [-0.05, 0) is 19.2 Å². The largest absolute Gasteiger partial charge is 0.311 e. The van der Waals surface area contributed by atoms with Crippen molar-refractivity contribution in [2.24, 2.45) is 0 Å². The topological polar surface area (TPSA) is 54.0 Å². The molecule has 4 nitrogen and oxygen atoms in total. The van der Waals surface area contributed by atoms with Crippen LogP contribution in [0.2, 0.25) is 0 Å². The first-order chi connectivity index (χ1) is 8.79. The number of carbonyl (C=O) groups is 1. The normalized spacial score (nSPS) is 10.1. The van der Waals surface area contributed by atoms with Gasteiger partial charge in [0.25, 0.3) is 0 Å². The molecule has 0 radical (unpaired) electrons. The highest BCUT2D eigenvalue weighted by atomic mass is 16.1. The molecule has 1 aromatic carbocycles. The van der Waals surface area contributed by atoms with Gasteiger partial charge in [-0.1, -0.05) is 36.4 Å². The molecule has 2 rings (SSSR count). The van der Waals surface area contributed by atoms with Crippen LogP contribution >= 0.6 is 0 Å². The number of nitrogens with zero attached hydrogens (tertiary/aromatic N) is 1. The molecule has 1 heterocycles. The molecule has 0 unspecified atom stereocenters. The maximum Gasteiger partial charge on any atom is 0.239 e. The zero-order valence-electron chi connectivity index (χ0n) is 10.2. The van der Waals surface area contributed by atoms with E-state index in [-0.39, 0.29) is 12.5 Å². The SMILES string of the molecule is CNCC(=O)Nc1cccc(-c2ccccc2)n1. The molecule has 2 aromatic rings. The van der Waals surface area contributed by atoms with Gasteiger partial charge in [0.05, 0.1) is 12.2 Å². The Kier molecular flexibility index (Phi) is 4.04. The lowest BCUT2D eigenvalue weighted by molar-refractivity contribution is -0.115. The molecule has 2 N–H and O–H groups in total. The quantitative estimate of drug-likeness (QED) is 0.859. The average molecular weight is 241 g/mol. The van der Waals surface area contributed by atoms with Gasteiger partial charge < -0.3 is 10.6 Å². The van der Waals surface area contributed by atoms with E-state index >= 15 is 0 Å². The number of aromatic nitrogens is 1. The highest BCUT2D eigenvalue weighted by Crippen LogP contribution is 2.17. The lowest BCUT2D eigenvalue weighted by atomic mass is 10.1. The number of pyridine rings is 1. The number of hydrogen-bond acceptors (Lipinski definition) is 3. The van der Waals surface area contributed by atoms with Crippen LogP contribution in [-0.2, 0) is 4.79 Å². The standard InChI is InChI=1S/C14H15N3O/c1-15-10-14(18)17-13-9-5-8-12(16-13)11-6-3-2-4-7-11/h2-9,15H,10H2,1H3,(H,16,17,18). The second-order valence-electron chi connectivity index (χ2n) is 3.85. The highest BCUT2D eigenvalue weighted by Gasteiger charge is 2.03. The van der Waals surface area contributed by atoms with Crippen molar-refractivity contribution < 1.29 is 4.79 Å². The number of benzene rings is 1. The first-order valence-corrected chi connectivity index (χ1v) is 5.76. The van der Waals surface area contributed by atoms with E-state index in [2.05, 4.69) is 15.6 Å². The Morgan fingerprint density at radius 1 is 1.11 bits per heavy atom. The van der Waals surface area contributed by atoms with Crippen molar-refractivity contribution in [2.75, 3.05) is 18.9 Å². The van der Waals surface area contributed by atoms with Gasteiger partial charge in [0.1, 0.15) is 5.82 Å². The van der Waals surface area contributed by atoms with Crippen LogP contribution in [-0.4, -0.2) is 24.5 Å². The van der Waals surface area contributed by atoms with Crippen molar-refractivity contribution in [2.45, 2.75) is 0 Å². The van der Waals surface area contributed by atoms with E-state index in [1.165, 1.54) is 0 Å². The van der Waals surface area contributed by atoms with Crippen LogP contribution < -0.4 is 10.6 Å². The van der Waals surface area contributed by atoms with Crippen LogP contribution in [0.4, 0.5) is 5.82 Å². The Hall–Kier alpha value is -2.20. The Labute approximate surface area is 106 Å². The van der Waals surface area contributed by atoms with E-state index in [1.54, 1.807) is 13.1 Å². The molecule has 0 aliphatic heterocycles. The third-order valence-electron chi connectivity index (χ3n) is 2.42. The molecule has 1 aromatic heterocycles. The van der Waals surface area contributed by atoms with E-state index in [0.29, 0.717) is 5.82 Å². The summed E-state index contributed by atoms with van der Waals surface area (Å²) >= 11 is 0. The maximum absolute atomic E-state index is 11.4. The van der Waals surface area contributed by atoms with Gasteiger partial charge in [-0.3, -0.25) is 4.79 Å². The molecule has 1 amide bonds. The number of likely N-dealkylation sites (N-methyl/N-ethyl adjacent to an activating group) is 1. The minimum atomic E-state index is -0.102. The number of hydrogen-bond donors (Lipinski definition) is 2. The lowest BCUT2D eigenvalue weighted by Gasteiger charge is -2.06. The molecule has 0 aliphatic carbocycles. The summed E-state index contributed by atoms with van der Waals surface area (Å²) in [5.74, 6) is 0.465. The molecule has 0 atom stereocenters. The fourth-order valence-electron chi connectivity index (χ4n) is 1.62. The molecule has 92 valence electrons. The Morgan fingerprint density at radius 2 is 1.89 bits per heavy atom. The summed E-state index contributed by atoms with van der Waals surface area (Å²) in [4.78, 5) is 15.9. The van der Waals surface area contributed by atoms with Crippen molar-refractivity contribution in [3.05, 3.63) is 48.5 Å². The van der Waals surface area contributed by atoms with Crippen molar-refractivity contribution in [3.63, 3.8) is 0 Å². The third kappa shape index (κ3) is 3.15. The van der Waals surface area contributed by atoms with Crippen molar-refractivity contribution in [3.8, 4) is 11.3 Å². The summed E-state index contributed by atoms with van der Waals surface area (Å²) in [5, 5.41) is 5.53. The summed E-state index contributed by atoms with van der Waals surface area (Å²) in [6.07, 6.45) is 0. The Bertz CT molecular complexity index is 526. The highest BCUT2D eigenvalue weighted by molar-refractivity contribution is 5.91. The van der Waals surface area contributed by atoms with Crippen LogP contribution in [0.15, 0.2) is 48.5 Å². The molecule has 18 heavy (non-hydrogen) atoms. The summed E-state index contributed by atoms with van der Waals surface area (Å²) in [5.41, 5.74) is 1.88. The lowest BCUT2D eigenvalue weighted by Crippen LogP contribution is -2.25. The van der Waals surface area contributed by atoms with Gasteiger partial charge in [-0.15, -0.1) is 0 Å². The van der Waals surface area contributed by atoms with Crippen LogP contribution in [0, 0.1) is 0 Å². The molecule has 0 saturated heterocycles. The summed E-state index contributed by atoms with van der Waals surface area (Å²) in [7, 11) is 1.73. The average Bonchev–Trinajstić information content (AvgIpc) is 2.40. The van der Waals surface area contributed by atoms with E-state index in [9.17, 15) is 4.79 Å². The predicted molar refractivity (Wildman–Crippen MR) is 72.2 cm³/mol. The summed E-state index contributed by atoms with van der Waals surface area (Å²) in [6.45, 7) is 0.275. The summed E-state index contributed by atoms with van der Waals surface area (Å²) in [6, 6.07) is 15.4. The molecular weight excluding hydrogens is 226 g/mol. The molecule has 0 fully saturated rings. The number of nitrogens with one attached hydrogen (secondary N) is 2. The zero-order chi connectivity index (χ0) is 12.8. The van der Waals surface area contributed by atoms with Crippen LogP contribution in [0.3, 0.4) is 0 Å². The van der Waals surface area contributed by atoms with Gasteiger partial charge in [-0.2, -0.15) is 0 Å². The van der Waals surface area contributed by atoms with Crippen molar-refractivity contribution >= 4 is 11.7 Å². The number of rotatable bonds is 4. The Balaban J connectivity index is 2.18. The van der Waals surface area contributed by atoms with Gasteiger partial charge in [-0.25, -0.2) is 4.98 Å². The van der Waals surface area contributed by atoms with Gasteiger partial charge in [0.15, 0.2) is 0 Å². The van der Waals surface area contributed by atoms with E-state index in [4.69, 9.17) is 0 Å². The second kappa shape index (κ2) is 5.93. The summed E-state index contributed by atoms with van der Waals surface area (Å²) < 4.78 is 0. The number of anilines is 1.